The summed E-state index contributed by atoms with van der Waals surface area (Å²) in [5.74, 6) is -3.80. The van der Waals surface area contributed by atoms with E-state index in [1.807, 2.05) is 0 Å². The van der Waals surface area contributed by atoms with Crippen LogP contribution in [0, 0.1) is 11.3 Å². The Morgan fingerprint density at radius 1 is 0.931 bits per heavy atom. The van der Waals surface area contributed by atoms with Gasteiger partial charge in [0.1, 0.15) is 0 Å². The molecule has 29 heavy (non-hydrogen) atoms. The van der Waals surface area contributed by atoms with Crippen LogP contribution in [0.1, 0.15) is 51.4 Å². The number of carboxylic acid groups (broad SMARTS) is 2. The third kappa shape index (κ3) is 7.02. The number of carbonyl (C=O) groups is 2. The molecule has 1 heterocycles. The molecule has 3 aliphatic rings. The van der Waals surface area contributed by atoms with Crippen molar-refractivity contribution in [1.29, 1.82) is 0 Å². The van der Waals surface area contributed by atoms with Gasteiger partial charge in [0.15, 0.2) is 0 Å². The van der Waals surface area contributed by atoms with Crippen LogP contribution in [-0.4, -0.2) is 48.6 Å². The molecule has 0 amide bonds. The standard InChI is InChI=1S/C15H21NO4.C6H14N2.Pt/c17-13(18)15(14(19)20,12-6-1-2-7-12)8-5-11-16-9-3-4-10-16;7-5-3-1-2-4-6(5)8;/h1-2,6-7,12H,3-5,8-11H2,(H,17,18)(H,19,20);5-6H,1-4,7-8H2;/q;;+2/p-2. The molecule has 1 aliphatic heterocycles. The van der Waals surface area contributed by atoms with Crippen LogP contribution in [0.5, 0.6) is 0 Å². The summed E-state index contributed by atoms with van der Waals surface area (Å²) in [5.41, 5.74) is 9.35. The predicted octanol–water partition coefficient (Wildman–Crippen LogP) is -0.697. The molecule has 0 aromatic rings. The van der Waals surface area contributed by atoms with Crippen LogP contribution in [0.2, 0.25) is 0 Å². The summed E-state index contributed by atoms with van der Waals surface area (Å²) in [4.78, 5) is 25.2. The Morgan fingerprint density at radius 2 is 1.41 bits per heavy atom. The van der Waals surface area contributed by atoms with Crippen LogP contribution in [0.3, 0.4) is 0 Å². The Labute approximate surface area is 187 Å². The Kier molecular flexibility index (Phi) is 11.3. The maximum atomic E-state index is 11.5. The Hall–Kier alpha value is -1.01. The molecule has 166 valence electrons. The van der Waals surface area contributed by atoms with Gasteiger partial charge in [-0.15, -0.1) is 0 Å². The number of carbonyl (C=O) groups excluding carboxylic acids is 2. The van der Waals surface area contributed by atoms with E-state index in [0.717, 1.165) is 45.3 Å². The fraction of sp³-hybridized carbons (Fsp3) is 0.714. The zero-order valence-electron chi connectivity index (χ0n) is 16.9. The molecule has 3 rings (SSSR count). The first-order chi connectivity index (χ1) is 13.4. The van der Waals surface area contributed by atoms with Crippen molar-refractivity contribution in [3.63, 3.8) is 0 Å². The summed E-state index contributed by atoms with van der Waals surface area (Å²) in [6.45, 7) is 2.74. The minimum absolute atomic E-state index is 0. The Balaban J connectivity index is 0.000000394. The third-order valence-corrected chi connectivity index (χ3v) is 6.16. The second-order valence-electron chi connectivity index (χ2n) is 8.11. The Morgan fingerprint density at radius 3 is 1.83 bits per heavy atom. The van der Waals surface area contributed by atoms with Crippen molar-refractivity contribution in [2.75, 3.05) is 19.6 Å². The van der Waals surface area contributed by atoms with E-state index in [1.165, 1.54) is 12.8 Å². The zero-order chi connectivity index (χ0) is 20.6. The minimum Gasteiger partial charge on any atom is -0.549 e. The molecular weight excluding hydrogens is 553 g/mol. The molecule has 2 fully saturated rings. The molecule has 2 aliphatic carbocycles. The molecule has 2 unspecified atom stereocenters. The van der Waals surface area contributed by atoms with Gasteiger partial charge in [-0.2, -0.15) is 0 Å². The average Bonchev–Trinajstić information content (AvgIpc) is 3.35. The molecule has 2 atom stereocenters. The molecule has 1 saturated carbocycles. The van der Waals surface area contributed by atoms with Crippen LogP contribution in [0.15, 0.2) is 24.3 Å². The number of allylic oxidation sites excluding steroid dienone is 4. The number of nitrogens with zero attached hydrogens (tertiary/aromatic N) is 1. The topological polar surface area (TPSA) is 136 Å². The van der Waals surface area contributed by atoms with Gasteiger partial charge in [-0.1, -0.05) is 37.1 Å². The summed E-state index contributed by atoms with van der Waals surface area (Å²) in [7, 11) is 0. The predicted molar refractivity (Wildman–Crippen MR) is 104 cm³/mol. The van der Waals surface area contributed by atoms with Gasteiger partial charge in [-0.3, -0.25) is 0 Å². The Bertz CT molecular complexity index is 554. The minimum atomic E-state index is -1.96. The third-order valence-electron chi connectivity index (χ3n) is 6.16. The van der Waals surface area contributed by atoms with E-state index >= 15 is 0 Å². The number of hydrogen-bond donors (Lipinski definition) is 2. The van der Waals surface area contributed by atoms with E-state index in [1.54, 1.807) is 24.3 Å². The fourth-order valence-electron chi connectivity index (χ4n) is 4.26. The molecule has 0 spiro atoms. The molecule has 7 nitrogen and oxygen atoms in total. The van der Waals surface area contributed by atoms with E-state index < -0.39 is 23.3 Å². The van der Waals surface area contributed by atoms with Crippen molar-refractivity contribution >= 4 is 11.9 Å². The number of nitrogens with two attached hydrogens (primary N) is 2. The maximum absolute atomic E-state index is 11.5. The molecule has 0 bridgehead atoms. The van der Waals surface area contributed by atoms with Gasteiger partial charge in [0, 0.05) is 18.0 Å². The van der Waals surface area contributed by atoms with Gasteiger partial charge in [-0.05, 0) is 58.2 Å². The van der Waals surface area contributed by atoms with Gasteiger partial charge < -0.3 is 36.2 Å². The molecule has 0 aromatic heterocycles. The second kappa shape index (κ2) is 12.6. The van der Waals surface area contributed by atoms with Crippen molar-refractivity contribution < 1.29 is 40.9 Å². The van der Waals surface area contributed by atoms with Crippen LogP contribution in [0.4, 0.5) is 0 Å². The van der Waals surface area contributed by atoms with Crippen LogP contribution >= 0.6 is 0 Å². The maximum Gasteiger partial charge on any atom is 2.00 e. The van der Waals surface area contributed by atoms with Crippen molar-refractivity contribution in [3.05, 3.63) is 24.3 Å². The van der Waals surface area contributed by atoms with E-state index in [4.69, 9.17) is 11.5 Å². The number of likely N-dealkylation sites (tertiary alicyclic amines) is 1. The average molecular weight is 587 g/mol. The number of rotatable bonds is 7. The van der Waals surface area contributed by atoms with Crippen molar-refractivity contribution in [2.45, 2.75) is 63.5 Å². The van der Waals surface area contributed by atoms with Gasteiger partial charge in [0.25, 0.3) is 0 Å². The summed E-state index contributed by atoms with van der Waals surface area (Å²) in [6, 6.07) is 0.562. The molecular formula is C21H33N3O4Pt. The van der Waals surface area contributed by atoms with E-state index in [-0.39, 0.29) is 39.6 Å². The molecule has 4 N–H and O–H groups in total. The van der Waals surface area contributed by atoms with Gasteiger partial charge >= 0.3 is 21.1 Å². The summed E-state index contributed by atoms with van der Waals surface area (Å²) in [5, 5.41) is 22.9. The van der Waals surface area contributed by atoms with Crippen molar-refractivity contribution in [2.24, 2.45) is 22.8 Å². The zero-order valence-corrected chi connectivity index (χ0v) is 19.1. The first-order valence-corrected chi connectivity index (χ1v) is 10.4. The van der Waals surface area contributed by atoms with E-state index in [2.05, 4.69) is 4.90 Å². The van der Waals surface area contributed by atoms with Gasteiger partial charge in [0.2, 0.25) is 0 Å². The molecule has 0 radical (unpaired) electrons. The second-order valence-corrected chi connectivity index (χ2v) is 8.11. The van der Waals surface area contributed by atoms with Crippen molar-refractivity contribution in [1.82, 2.24) is 4.90 Å². The van der Waals surface area contributed by atoms with Crippen LogP contribution in [0.25, 0.3) is 0 Å². The monoisotopic (exact) mass is 586 g/mol. The van der Waals surface area contributed by atoms with Gasteiger partial charge in [-0.25, -0.2) is 0 Å². The van der Waals surface area contributed by atoms with Gasteiger partial charge in [0.05, 0.1) is 17.4 Å². The molecule has 0 aromatic carbocycles. The number of aliphatic carboxylic acids is 2. The first-order valence-electron chi connectivity index (χ1n) is 10.4. The quantitative estimate of drug-likeness (QED) is 0.377. The summed E-state index contributed by atoms with van der Waals surface area (Å²) < 4.78 is 0. The normalized spacial score (nSPS) is 24.6. The largest absolute Gasteiger partial charge is 2.00 e. The molecule has 1 saturated heterocycles. The summed E-state index contributed by atoms with van der Waals surface area (Å²) in [6.07, 6.45) is 14.1. The fourth-order valence-corrected chi connectivity index (χ4v) is 4.26. The number of hydrogen-bond acceptors (Lipinski definition) is 7. The molecule has 8 heteroatoms. The summed E-state index contributed by atoms with van der Waals surface area (Å²) >= 11 is 0. The van der Waals surface area contributed by atoms with Crippen LogP contribution in [-0.2, 0) is 30.7 Å². The van der Waals surface area contributed by atoms with Crippen LogP contribution < -0.4 is 21.7 Å². The first kappa shape index (κ1) is 26.0. The SMILES string of the molecule is NC1CCCCC1N.O=C([O-])C(CCCN1CCCC1)(C(=O)[O-])C1C=CC=C1.[Pt+2]. The number of carboxylic acids is 2. The van der Waals surface area contributed by atoms with Crippen molar-refractivity contribution in [3.8, 4) is 0 Å². The van der Waals surface area contributed by atoms with E-state index in [9.17, 15) is 19.8 Å². The van der Waals surface area contributed by atoms with E-state index in [0.29, 0.717) is 6.42 Å². The smallest absolute Gasteiger partial charge is 0.549 e.